The van der Waals surface area contributed by atoms with E-state index in [9.17, 15) is 0 Å². The Balaban J connectivity index is 2.31. The monoisotopic (exact) mass is 203 g/mol. The molecule has 0 fully saturated rings. The Morgan fingerprint density at radius 2 is 1.93 bits per heavy atom. The molecule has 1 aliphatic carbocycles. The molecule has 2 N–H and O–H groups in total. The van der Waals surface area contributed by atoms with Gasteiger partial charge in [-0.2, -0.15) is 0 Å². The summed E-state index contributed by atoms with van der Waals surface area (Å²) >= 11 is 0. The number of fused-ring (bicyclic) bond motifs is 1. The molecule has 1 unspecified atom stereocenters. The fourth-order valence-electron chi connectivity index (χ4n) is 2.73. The fourth-order valence-corrected chi connectivity index (χ4v) is 2.73. The molecule has 1 nitrogen and oxygen atoms in total. The highest BCUT2D eigenvalue weighted by Crippen LogP contribution is 2.40. The Hall–Kier alpha value is -0.820. The molecule has 0 bridgehead atoms. The summed E-state index contributed by atoms with van der Waals surface area (Å²) in [5.41, 5.74) is 9.38. The van der Waals surface area contributed by atoms with Crippen molar-refractivity contribution in [2.75, 3.05) is 6.54 Å². The Morgan fingerprint density at radius 1 is 1.27 bits per heavy atom. The molecule has 82 valence electrons. The van der Waals surface area contributed by atoms with Gasteiger partial charge in [-0.05, 0) is 48.3 Å². The average Bonchev–Trinajstić information content (AvgIpc) is 2.28. The summed E-state index contributed by atoms with van der Waals surface area (Å²) in [6, 6.07) is 8.81. The van der Waals surface area contributed by atoms with E-state index in [1.807, 2.05) is 0 Å². The first kappa shape index (κ1) is 10.7. The van der Waals surface area contributed by atoms with E-state index in [1.165, 1.54) is 24.0 Å². The maximum Gasteiger partial charge on any atom is -0.00148 e. The lowest BCUT2D eigenvalue weighted by atomic mass is 9.65. The van der Waals surface area contributed by atoms with Crippen molar-refractivity contribution in [1.82, 2.24) is 0 Å². The Bertz CT molecular complexity index is 343. The van der Waals surface area contributed by atoms with E-state index >= 15 is 0 Å². The van der Waals surface area contributed by atoms with Crippen molar-refractivity contribution in [3.05, 3.63) is 35.4 Å². The second kappa shape index (κ2) is 3.97. The standard InChI is InChI=1S/C14H21N/c1-11(2)14(10-15)8-7-12-5-3-4-6-13(12)9-14/h3-6,11H,7-10,15H2,1-2H3. The molecule has 0 spiro atoms. The van der Waals surface area contributed by atoms with E-state index in [0.717, 1.165) is 13.0 Å². The first-order chi connectivity index (χ1) is 7.18. The SMILES string of the molecule is CC(C)C1(CN)CCc2ccccc2C1. The number of hydrogen-bond donors (Lipinski definition) is 1. The molecule has 0 radical (unpaired) electrons. The minimum atomic E-state index is 0.342. The third kappa shape index (κ3) is 1.81. The lowest BCUT2D eigenvalue weighted by Crippen LogP contribution is -2.40. The Labute approximate surface area is 92.7 Å². The largest absolute Gasteiger partial charge is 0.330 e. The van der Waals surface area contributed by atoms with Gasteiger partial charge in [0.05, 0.1) is 0 Å². The topological polar surface area (TPSA) is 26.0 Å². The maximum absolute atomic E-state index is 6.00. The molecule has 0 aliphatic heterocycles. The fraction of sp³-hybridized carbons (Fsp3) is 0.571. The molecule has 0 aromatic heterocycles. The van der Waals surface area contributed by atoms with Crippen LogP contribution in [0.15, 0.2) is 24.3 Å². The molecule has 15 heavy (non-hydrogen) atoms. The van der Waals surface area contributed by atoms with Crippen LogP contribution in [-0.4, -0.2) is 6.54 Å². The molecule has 1 atom stereocenters. The minimum Gasteiger partial charge on any atom is -0.330 e. The van der Waals surface area contributed by atoms with E-state index in [-0.39, 0.29) is 0 Å². The summed E-state index contributed by atoms with van der Waals surface area (Å²) in [5.74, 6) is 0.677. The average molecular weight is 203 g/mol. The van der Waals surface area contributed by atoms with Crippen molar-refractivity contribution in [2.24, 2.45) is 17.1 Å². The maximum atomic E-state index is 6.00. The third-order valence-corrected chi connectivity index (χ3v) is 4.18. The molecular weight excluding hydrogens is 182 g/mol. The second-order valence-electron chi connectivity index (χ2n) is 5.17. The summed E-state index contributed by atoms with van der Waals surface area (Å²) in [6.07, 6.45) is 3.61. The summed E-state index contributed by atoms with van der Waals surface area (Å²) in [5, 5.41) is 0. The van der Waals surface area contributed by atoms with Crippen molar-refractivity contribution in [1.29, 1.82) is 0 Å². The molecule has 1 aliphatic rings. The Kier molecular flexibility index (Phi) is 2.83. The number of aryl methyl sites for hydroxylation is 1. The van der Waals surface area contributed by atoms with Crippen LogP contribution in [0.5, 0.6) is 0 Å². The summed E-state index contributed by atoms with van der Waals surface area (Å²) in [4.78, 5) is 0. The van der Waals surface area contributed by atoms with Crippen molar-refractivity contribution in [3.63, 3.8) is 0 Å². The van der Waals surface area contributed by atoms with Crippen LogP contribution in [0.1, 0.15) is 31.4 Å². The highest BCUT2D eigenvalue weighted by atomic mass is 14.6. The Morgan fingerprint density at radius 3 is 2.53 bits per heavy atom. The highest BCUT2D eigenvalue weighted by molar-refractivity contribution is 5.31. The van der Waals surface area contributed by atoms with Crippen LogP contribution in [0.2, 0.25) is 0 Å². The zero-order valence-electron chi connectivity index (χ0n) is 9.79. The van der Waals surface area contributed by atoms with Crippen LogP contribution >= 0.6 is 0 Å². The zero-order chi connectivity index (χ0) is 10.9. The van der Waals surface area contributed by atoms with Crippen molar-refractivity contribution in [2.45, 2.75) is 33.1 Å². The van der Waals surface area contributed by atoms with Crippen LogP contribution in [0.25, 0.3) is 0 Å². The molecule has 2 rings (SSSR count). The van der Waals surface area contributed by atoms with Crippen LogP contribution in [0.3, 0.4) is 0 Å². The summed E-state index contributed by atoms with van der Waals surface area (Å²) in [6.45, 7) is 5.43. The molecular formula is C14H21N. The van der Waals surface area contributed by atoms with Gasteiger partial charge in [0, 0.05) is 0 Å². The highest BCUT2D eigenvalue weighted by Gasteiger charge is 2.35. The number of rotatable bonds is 2. The van der Waals surface area contributed by atoms with E-state index in [1.54, 1.807) is 0 Å². The van der Waals surface area contributed by atoms with Gasteiger partial charge >= 0.3 is 0 Å². The number of benzene rings is 1. The van der Waals surface area contributed by atoms with Gasteiger partial charge in [-0.3, -0.25) is 0 Å². The summed E-state index contributed by atoms with van der Waals surface area (Å²) in [7, 11) is 0. The molecule has 1 heteroatoms. The van der Waals surface area contributed by atoms with E-state index < -0.39 is 0 Å². The predicted molar refractivity (Wildman–Crippen MR) is 64.8 cm³/mol. The van der Waals surface area contributed by atoms with Gasteiger partial charge in [0.2, 0.25) is 0 Å². The van der Waals surface area contributed by atoms with E-state index in [2.05, 4.69) is 38.1 Å². The van der Waals surface area contributed by atoms with Crippen LogP contribution in [0, 0.1) is 11.3 Å². The quantitative estimate of drug-likeness (QED) is 0.786. The van der Waals surface area contributed by atoms with Gasteiger partial charge in [0.25, 0.3) is 0 Å². The molecule has 0 heterocycles. The zero-order valence-corrected chi connectivity index (χ0v) is 9.79. The van der Waals surface area contributed by atoms with Gasteiger partial charge in [0.15, 0.2) is 0 Å². The van der Waals surface area contributed by atoms with Gasteiger partial charge in [-0.15, -0.1) is 0 Å². The molecule has 0 saturated carbocycles. The lowest BCUT2D eigenvalue weighted by molar-refractivity contribution is 0.169. The number of nitrogens with two attached hydrogens (primary N) is 1. The normalized spacial score (nSPS) is 25.3. The molecule has 0 saturated heterocycles. The molecule has 1 aromatic rings. The molecule has 0 amide bonds. The third-order valence-electron chi connectivity index (χ3n) is 4.18. The van der Waals surface area contributed by atoms with Gasteiger partial charge in [-0.1, -0.05) is 38.1 Å². The van der Waals surface area contributed by atoms with Crippen LogP contribution in [-0.2, 0) is 12.8 Å². The van der Waals surface area contributed by atoms with Gasteiger partial charge in [-0.25, -0.2) is 0 Å². The van der Waals surface area contributed by atoms with Crippen LogP contribution < -0.4 is 5.73 Å². The van der Waals surface area contributed by atoms with Crippen LogP contribution in [0.4, 0.5) is 0 Å². The van der Waals surface area contributed by atoms with E-state index in [4.69, 9.17) is 5.73 Å². The second-order valence-corrected chi connectivity index (χ2v) is 5.17. The predicted octanol–water partition coefficient (Wildman–Crippen LogP) is 2.78. The lowest BCUT2D eigenvalue weighted by Gasteiger charge is -2.40. The number of hydrogen-bond acceptors (Lipinski definition) is 1. The van der Waals surface area contributed by atoms with Crippen molar-refractivity contribution in [3.8, 4) is 0 Å². The smallest absolute Gasteiger partial charge is 0.00148 e. The first-order valence-corrected chi connectivity index (χ1v) is 5.95. The van der Waals surface area contributed by atoms with E-state index in [0.29, 0.717) is 11.3 Å². The van der Waals surface area contributed by atoms with Gasteiger partial charge in [0.1, 0.15) is 0 Å². The molecule has 1 aromatic carbocycles. The van der Waals surface area contributed by atoms with Gasteiger partial charge < -0.3 is 5.73 Å². The van der Waals surface area contributed by atoms with Crippen molar-refractivity contribution < 1.29 is 0 Å². The van der Waals surface area contributed by atoms with Crippen molar-refractivity contribution >= 4 is 0 Å². The first-order valence-electron chi connectivity index (χ1n) is 5.95. The summed E-state index contributed by atoms with van der Waals surface area (Å²) < 4.78 is 0. The minimum absolute atomic E-state index is 0.342.